The van der Waals surface area contributed by atoms with Gasteiger partial charge in [0.2, 0.25) is 5.91 Å². The number of ether oxygens (including phenoxy) is 3. The largest absolute Gasteiger partial charge is 0.469 e. The highest BCUT2D eigenvalue weighted by molar-refractivity contribution is 5.91. The number of anilines is 1. The van der Waals surface area contributed by atoms with Crippen molar-refractivity contribution >= 4 is 23.7 Å². The molecular formula is C21H29N3O6. The van der Waals surface area contributed by atoms with Gasteiger partial charge in [-0.1, -0.05) is 18.2 Å². The summed E-state index contributed by atoms with van der Waals surface area (Å²) in [5, 5.41) is 0. The van der Waals surface area contributed by atoms with E-state index in [2.05, 4.69) is 4.90 Å². The van der Waals surface area contributed by atoms with Crippen molar-refractivity contribution < 1.29 is 28.6 Å². The molecule has 3 atom stereocenters. The molecule has 2 saturated heterocycles. The highest BCUT2D eigenvalue weighted by Crippen LogP contribution is 2.29. The fourth-order valence-electron chi connectivity index (χ4n) is 4.21. The fourth-order valence-corrected chi connectivity index (χ4v) is 4.21. The highest BCUT2D eigenvalue weighted by Gasteiger charge is 2.48. The summed E-state index contributed by atoms with van der Waals surface area (Å²) in [4.78, 5) is 43.6. The molecule has 9 heteroatoms. The molecule has 2 fully saturated rings. The van der Waals surface area contributed by atoms with Crippen LogP contribution in [0.25, 0.3) is 0 Å². The van der Waals surface area contributed by atoms with Gasteiger partial charge in [0.05, 0.1) is 32.8 Å². The molecular weight excluding hydrogens is 390 g/mol. The lowest BCUT2D eigenvalue weighted by Gasteiger charge is -2.44. The van der Waals surface area contributed by atoms with Gasteiger partial charge in [0.15, 0.2) is 0 Å². The van der Waals surface area contributed by atoms with Crippen molar-refractivity contribution in [1.29, 1.82) is 0 Å². The van der Waals surface area contributed by atoms with Crippen LogP contribution in [0.2, 0.25) is 0 Å². The zero-order valence-electron chi connectivity index (χ0n) is 17.7. The van der Waals surface area contributed by atoms with Gasteiger partial charge < -0.3 is 24.0 Å². The summed E-state index contributed by atoms with van der Waals surface area (Å²) in [5.41, 5.74) is 1.11. The molecule has 0 radical (unpaired) electrons. The van der Waals surface area contributed by atoms with Crippen molar-refractivity contribution in [2.24, 2.45) is 5.92 Å². The van der Waals surface area contributed by atoms with Crippen LogP contribution in [0.1, 0.15) is 6.42 Å². The first kappa shape index (κ1) is 21.9. The van der Waals surface area contributed by atoms with Crippen LogP contribution >= 0.6 is 0 Å². The third-order valence-corrected chi connectivity index (χ3v) is 5.85. The van der Waals surface area contributed by atoms with Crippen LogP contribution < -0.4 is 4.90 Å². The first-order chi connectivity index (χ1) is 14.5. The first-order valence-electron chi connectivity index (χ1n) is 10.0. The maximum atomic E-state index is 13.5. The Kier molecular flexibility index (Phi) is 7.15. The Bertz CT molecular complexity index is 724. The summed E-state index contributed by atoms with van der Waals surface area (Å²) in [5.74, 6) is -1.61. The molecule has 3 rings (SSSR count). The Hall–Kier alpha value is -2.81. The summed E-state index contributed by atoms with van der Waals surface area (Å²) >= 11 is 0. The van der Waals surface area contributed by atoms with Gasteiger partial charge >= 0.3 is 12.1 Å². The highest BCUT2D eigenvalue weighted by atomic mass is 16.5. The lowest BCUT2D eigenvalue weighted by atomic mass is 9.86. The predicted octanol–water partition coefficient (Wildman–Crippen LogP) is 0.980. The van der Waals surface area contributed by atoms with Gasteiger partial charge in [-0.2, -0.15) is 0 Å². The summed E-state index contributed by atoms with van der Waals surface area (Å²) in [6.45, 7) is 2.52. The van der Waals surface area contributed by atoms with E-state index in [-0.39, 0.29) is 18.6 Å². The standard InChI is InChI=1S/C21H29N3O6/c1-28-16-13-17(20(26)29-2)18(24(14-16)21(27)30-3)19(25)23-11-9-22(10-12-23)15-7-5-4-6-8-15/h4-8,16-18H,9-14H2,1-3H3/t16-,17-,18-/m0/s1. The molecule has 1 aromatic carbocycles. The lowest BCUT2D eigenvalue weighted by molar-refractivity contribution is -0.159. The SMILES string of the molecule is COC(=O)[C@H]1C[C@H](OC)CN(C(=O)OC)[C@@H]1C(=O)N1CCN(c2ccccc2)CC1. The minimum Gasteiger partial charge on any atom is -0.469 e. The molecule has 0 N–H and O–H groups in total. The molecule has 0 aliphatic carbocycles. The molecule has 0 spiro atoms. The Morgan fingerprint density at radius 1 is 0.933 bits per heavy atom. The molecule has 0 bridgehead atoms. The van der Waals surface area contributed by atoms with Gasteiger partial charge in [-0.15, -0.1) is 0 Å². The number of rotatable bonds is 4. The summed E-state index contributed by atoms with van der Waals surface area (Å²) < 4.78 is 15.2. The van der Waals surface area contributed by atoms with Crippen LogP contribution in [-0.4, -0.2) is 94.0 Å². The van der Waals surface area contributed by atoms with E-state index in [1.807, 2.05) is 30.3 Å². The second-order valence-electron chi connectivity index (χ2n) is 7.44. The first-order valence-corrected chi connectivity index (χ1v) is 10.0. The summed E-state index contributed by atoms with van der Waals surface area (Å²) in [6, 6.07) is 9.03. The zero-order valence-corrected chi connectivity index (χ0v) is 17.7. The number of hydrogen-bond donors (Lipinski definition) is 0. The number of esters is 1. The maximum absolute atomic E-state index is 13.5. The van der Waals surface area contributed by atoms with Crippen molar-refractivity contribution in [3.05, 3.63) is 30.3 Å². The van der Waals surface area contributed by atoms with Crippen LogP contribution in [0, 0.1) is 5.92 Å². The number of carbonyl (C=O) groups excluding carboxylic acids is 3. The van der Waals surface area contributed by atoms with Gasteiger partial charge in [0, 0.05) is 39.0 Å². The van der Waals surface area contributed by atoms with Crippen molar-refractivity contribution in [3.63, 3.8) is 0 Å². The zero-order chi connectivity index (χ0) is 21.7. The average Bonchev–Trinajstić information content (AvgIpc) is 2.82. The number of benzene rings is 1. The third-order valence-electron chi connectivity index (χ3n) is 5.85. The van der Waals surface area contributed by atoms with E-state index in [9.17, 15) is 14.4 Å². The molecule has 2 heterocycles. The molecule has 30 heavy (non-hydrogen) atoms. The van der Waals surface area contributed by atoms with Crippen molar-refractivity contribution in [2.45, 2.75) is 18.6 Å². The van der Waals surface area contributed by atoms with Crippen molar-refractivity contribution in [2.75, 3.05) is 59.0 Å². The maximum Gasteiger partial charge on any atom is 0.410 e. The number of piperidine rings is 1. The van der Waals surface area contributed by atoms with E-state index in [1.54, 1.807) is 4.90 Å². The van der Waals surface area contributed by atoms with E-state index in [0.717, 1.165) is 5.69 Å². The average molecular weight is 419 g/mol. The second kappa shape index (κ2) is 9.80. The number of amides is 2. The van der Waals surface area contributed by atoms with E-state index in [1.165, 1.54) is 26.2 Å². The van der Waals surface area contributed by atoms with Gasteiger partial charge in [0.25, 0.3) is 0 Å². The van der Waals surface area contributed by atoms with Gasteiger partial charge in [-0.25, -0.2) is 4.79 Å². The van der Waals surface area contributed by atoms with E-state index < -0.39 is 24.0 Å². The van der Waals surface area contributed by atoms with Gasteiger partial charge in [-0.05, 0) is 18.6 Å². The number of piperazine rings is 1. The lowest BCUT2D eigenvalue weighted by Crippen LogP contribution is -2.63. The number of hydrogen-bond acceptors (Lipinski definition) is 7. The van der Waals surface area contributed by atoms with E-state index in [0.29, 0.717) is 32.6 Å². The Morgan fingerprint density at radius 3 is 2.17 bits per heavy atom. The van der Waals surface area contributed by atoms with Gasteiger partial charge in [0.1, 0.15) is 6.04 Å². The fraction of sp³-hybridized carbons (Fsp3) is 0.571. The van der Waals surface area contributed by atoms with Crippen LogP contribution in [0.15, 0.2) is 30.3 Å². The molecule has 1 aromatic rings. The van der Waals surface area contributed by atoms with Crippen LogP contribution in [0.4, 0.5) is 10.5 Å². The number of para-hydroxylation sites is 1. The number of carbonyl (C=O) groups is 3. The molecule has 0 saturated carbocycles. The Balaban J connectivity index is 1.78. The topological polar surface area (TPSA) is 88.6 Å². The van der Waals surface area contributed by atoms with Crippen molar-refractivity contribution in [3.8, 4) is 0 Å². The van der Waals surface area contributed by atoms with Crippen LogP contribution in [-0.2, 0) is 23.8 Å². The molecule has 2 aliphatic heterocycles. The third kappa shape index (κ3) is 4.51. The minimum atomic E-state index is -0.973. The van der Waals surface area contributed by atoms with Crippen molar-refractivity contribution in [1.82, 2.24) is 9.80 Å². The molecule has 2 amide bonds. The van der Waals surface area contributed by atoms with Crippen LogP contribution in [0.3, 0.4) is 0 Å². The number of likely N-dealkylation sites (tertiary alicyclic amines) is 1. The predicted molar refractivity (Wildman–Crippen MR) is 109 cm³/mol. The second-order valence-corrected chi connectivity index (χ2v) is 7.44. The molecule has 0 aromatic heterocycles. The van der Waals surface area contributed by atoms with Gasteiger partial charge in [-0.3, -0.25) is 14.5 Å². The van der Waals surface area contributed by atoms with E-state index >= 15 is 0 Å². The Labute approximate surface area is 176 Å². The van der Waals surface area contributed by atoms with E-state index in [4.69, 9.17) is 14.2 Å². The normalized spacial score (nSPS) is 24.4. The molecule has 2 aliphatic rings. The number of nitrogens with zero attached hydrogens (tertiary/aromatic N) is 3. The molecule has 9 nitrogen and oxygen atoms in total. The monoisotopic (exact) mass is 419 g/mol. The van der Waals surface area contributed by atoms with Crippen LogP contribution in [0.5, 0.6) is 0 Å². The summed E-state index contributed by atoms with van der Waals surface area (Å²) in [7, 11) is 4.05. The quantitative estimate of drug-likeness (QED) is 0.672. The molecule has 0 unspecified atom stereocenters. The minimum absolute atomic E-state index is 0.178. The number of methoxy groups -OCH3 is 3. The molecule has 164 valence electrons. The smallest absolute Gasteiger partial charge is 0.410 e. The Morgan fingerprint density at radius 2 is 1.60 bits per heavy atom. The summed E-state index contributed by atoms with van der Waals surface area (Å²) in [6.07, 6.45) is -0.740.